The summed E-state index contributed by atoms with van der Waals surface area (Å²) < 4.78 is 6.59. The summed E-state index contributed by atoms with van der Waals surface area (Å²) >= 11 is 0. The Labute approximate surface area is 202 Å². The first-order chi connectivity index (χ1) is 15.4. The van der Waals surface area contributed by atoms with Crippen LogP contribution in [0.25, 0.3) is 0 Å². The van der Waals surface area contributed by atoms with E-state index in [1.54, 1.807) is 0 Å². The van der Waals surface area contributed by atoms with E-state index in [0.717, 1.165) is 50.8 Å². The molecule has 0 spiro atoms. The molecule has 0 aromatic carbocycles. The molecule has 2 rings (SSSR count). The molecular weight excluding hydrogens is 410 g/mol. The highest BCUT2D eigenvalue weighted by Crippen LogP contribution is 2.39. The molecule has 1 aromatic heterocycles. The number of anilines is 1. The van der Waals surface area contributed by atoms with Gasteiger partial charge in [-0.25, -0.2) is 0 Å². The lowest BCUT2D eigenvalue weighted by molar-refractivity contribution is 0.0139. The molecule has 6 heteroatoms. The van der Waals surface area contributed by atoms with Gasteiger partial charge < -0.3 is 15.4 Å². The minimum Gasteiger partial charge on any atom is -0.460 e. The summed E-state index contributed by atoms with van der Waals surface area (Å²) in [5.74, 6) is 1.33. The quantitative estimate of drug-likeness (QED) is 0.371. The standard InChI is InChI=1S/C27H49N5O/c1-11-16-28-22-29-21(25(9,10)19-24(6,7)8)30-23(31-22)33-20-17-26(12-2,13-3)32-27(14-4,15-5)18-20/h11,20,32H,1,12-19H2,2-10H3,(H,28,29,30,31). The molecule has 2 heterocycles. The highest BCUT2D eigenvalue weighted by atomic mass is 16.5. The second-order valence-electron chi connectivity index (χ2n) is 11.8. The van der Waals surface area contributed by atoms with Crippen LogP contribution in [-0.2, 0) is 5.41 Å². The van der Waals surface area contributed by atoms with E-state index in [9.17, 15) is 0 Å². The summed E-state index contributed by atoms with van der Waals surface area (Å²) in [7, 11) is 0. The molecule has 33 heavy (non-hydrogen) atoms. The van der Waals surface area contributed by atoms with Crippen molar-refractivity contribution in [3.8, 4) is 6.01 Å². The van der Waals surface area contributed by atoms with Crippen LogP contribution in [0.4, 0.5) is 5.95 Å². The first-order valence-electron chi connectivity index (χ1n) is 12.9. The van der Waals surface area contributed by atoms with Crippen LogP contribution in [0.15, 0.2) is 12.7 Å². The van der Waals surface area contributed by atoms with E-state index in [0.29, 0.717) is 18.5 Å². The zero-order valence-electron chi connectivity index (χ0n) is 22.8. The molecule has 0 radical (unpaired) electrons. The first-order valence-corrected chi connectivity index (χ1v) is 12.9. The van der Waals surface area contributed by atoms with Gasteiger partial charge in [0.05, 0.1) is 0 Å². The van der Waals surface area contributed by atoms with Crippen LogP contribution in [0.3, 0.4) is 0 Å². The smallest absolute Gasteiger partial charge is 0.321 e. The van der Waals surface area contributed by atoms with Gasteiger partial charge >= 0.3 is 6.01 Å². The van der Waals surface area contributed by atoms with Crippen molar-refractivity contribution in [3.63, 3.8) is 0 Å². The van der Waals surface area contributed by atoms with Crippen LogP contribution in [0.5, 0.6) is 6.01 Å². The van der Waals surface area contributed by atoms with E-state index >= 15 is 0 Å². The van der Waals surface area contributed by atoms with E-state index in [2.05, 4.69) is 84.5 Å². The average Bonchev–Trinajstić information content (AvgIpc) is 2.75. The van der Waals surface area contributed by atoms with Gasteiger partial charge in [0.25, 0.3) is 0 Å². The van der Waals surface area contributed by atoms with Gasteiger partial charge in [-0.05, 0) is 37.5 Å². The summed E-state index contributed by atoms with van der Waals surface area (Å²) in [4.78, 5) is 14.3. The summed E-state index contributed by atoms with van der Waals surface area (Å²) in [6, 6.07) is 0.433. The number of aromatic nitrogens is 3. The summed E-state index contributed by atoms with van der Waals surface area (Å²) in [6.45, 7) is 24.7. The fourth-order valence-corrected chi connectivity index (χ4v) is 5.63. The normalized spacial score (nSPS) is 18.7. The Bertz CT molecular complexity index is 755. The number of rotatable bonds is 11. The molecule has 0 unspecified atom stereocenters. The fraction of sp³-hybridized carbons (Fsp3) is 0.815. The van der Waals surface area contributed by atoms with E-state index in [4.69, 9.17) is 14.7 Å². The Morgan fingerprint density at radius 2 is 1.52 bits per heavy atom. The lowest BCUT2D eigenvalue weighted by atomic mass is 9.72. The van der Waals surface area contributed by atoms with Gasteiger partial charge in [-0.2, -0.15) is 15.0 Å². The number of piperidine rings is 1. The first kappa shape index (κ1) is 27.6. The largest absolute Gasteiger partial charge is 0.460 e. The van der Waals surface area contributed by atoms with Crippen LogP contribution < -0.4 is 15.4 Å². The van der Waals surface area contributed by atoms with Crippen molar-refractivity contribution in [2.75, 3.05) is 11.9 Å². The third kappa shape index (κ3) is 7.14. The van der Waals surface area contributed by atoms with Crippen molar-refractivity contribution in [3.05, 3.63) is 18.5 Å². The Kier molecular flexibility index (Phi) is 8.94. The Morgan fingerprint density at radius 1 is 0.970 bits per heavy atom. The SMILES string of the molecule is C=CCNc1nc(OC2CC(CC)(CC)NC(CC)(CC)C2)nc(C(C)(C)CC(C)(C)C)n1. The molecule has 0 aliphatic carbocycles. The number of ether oxygens (including phenoxy) is 1. The maximum atomic E-state index is 6.59. The molecule has 6 nitrogen and oxygen atoms in total. The minimum atomic E-state index is -0.203. The molecule has 0 saturated carbocycles. The molecular formula is C27H49N5O. The molecule has 0 atom stereocenters. The zero-order valence-corrected chi connectivity index (χ0v) is 22.8. The monoisotopic (exact) mass is 459 g/mol. The molecule has 1 aliphatic rings. The van der Waals surface area contributed by atoms with E-state index in [-0.39, 0.29) is 28.0 Å². The highest BCUT2D eigenvalue weighted by Gasteiger charge is 2.45. The van der Waals surface area contributed by atoms with E-state index < -0.39 is 0 Å². The van der Waals surface area contributed by atoms with Crippen molar-refractivity contribution in [2.45, 2.75) is 130 Å². The molecule has 188 valence electrons. The lowest BCUT2D eigenvalue weighted by Crippen LogP contribution is -2.64. The third-order valence-corrected chi connectivity index (χ3v) is 7.34. The van der Waals surface area contributed by atoms with Crippen molar-refractivity contribution >= 4 is 5.95 Å². The van der Waals surface area contributed by atoms with E-state index in [1.165, 1.54) is 0 Å². The molecule has 0 amide bonds. The minimum absolute atomic E-state index is 0.0688. The molecule has 2 N–H and O–H groups in total. The van der Waals surface area contributed by atoms with Gasteiger partial charge in [0.15, 0.2) is 0 Å². The molecule has 1 aliphatic heterocycles. The second kappa shape index (κ2) is 10.7. The maximum Gasteiger partial charge on any atom is 0.321 e. The van der Waals surface area contributed by atoms with Crippen molar-refractivity contribution in [2.24, 2.45) is 5.41 Å². The molecule has 1 saturated heterocycles. The number of hydrogen-bond donors (Lipinski definition) is 2. The Morgan fingerprint density at radius 3 is 1.97 bits per heavy atom. The summed E-state index contributed by atoms with van der Waals surface area (Å²) in [5.41, 5.74) is 0.121. The van der Waals surface area contributed by atoms with Crippen LogP contribution in [0, 0.1) is 5.41 Å². The molecule has 0 bridgehead atoms. The maximum absolute atomic E-state index is 6.59. The predicted molar refractivity (Wildman–Crippen MR) is 139 cm³/mol. The van der Waals surface area contributed by atoms with Crippen molar-refractivity contribution in [1.29, 1.82) is 0 Å². The van der Waals surface area contributed by atoms with E-state index in [1.807, 2.05) is 6.08 Å². The van der Waals surface area contributed by atoms with Gasteiger partial charge in [0, 0.05) is 35.9 Å². The fourth-order valence-electron chi connectivity index (χ4n) is 5.63. The number of nitrogens with zero attached hydrogens (tertiary/aromatic N) is 3. The van der Waals surface area contributed by atoms with Gasteiger partial charge in [-0.3, -0.25) is 0 Å². The third-order valence-electron chi connectivity index (χ3n) is 7.34. The second-order valence-corrected chi connectivity index (χ2v) is 11.8. The van der Waals surface area contributed by atoms with Crippen LogP contribution in [-0.4, -0.2) is 38.7 Å². The summed E-state index contributed by atoms with van der Waals surface area (Å²) in [6.07, 6.45) is 9.09. The lowest BCUT2D eigenvalue weighted by Gasteiger charge is -2.51. The number of hydrogen-bond acceptors (Lipinski definition) is 6. The van der Waals surface area contributed by atoms with Gasteiger partial charge in [0.1, 0.15) is 11.9 Å². The zero-order chi connectivity index (χ0) is 24.9. The van der Waals surface area contributed by atoms with Gasteiger partial charge in [-0.15, -0.1) is 6.58 Å². The molecule has 1 aromatic rings. The van der Waals surface area contributed by atoms with Gasteiger partial charge in [0.2, 0.25) is 5.95 Å². The Balaban J connectivity index is 2.42. The van der Waals surface area contributed by atoms with Crippen LogP contribution in [0.2, 0.25) is 0 Å². The van der Waals surface area contributed by atoms with Crippen molar-refractivity contribution < 1.29 is 4.74 Å². The van der Waals surface area contributed by atoms with Crippen molar-refractivity contribution in [1.82, 2.24) is 20.3 Å². The van der Waals surface area contributed by atoms with Crippen LogP contribution in [0.1, 0.15) is 113 Å². The molecule has 1 fully saturated rings. The highest BCUT2D eigenvalue weighted by molar-refractivity contribution is 5.29. The topological polar surface area (TPSA) is 72.0 Å². The predicted octanol–water partition coefficient (Wildman–Crippen LogP) is 6.43. The van der Waals surface area contributed by atoms with Crippen LogP contribution >= 0.6 is 0 Å². The number of nitrogens with one attached hydrogen (secondary N) is 2. The average molecular weight is 460 g/mol. The summed E-state index contributed by atoms with van der Waals surface area (Å²) in [5, 5.41) is 7.29. The Hall–Kier alpha value is -1.69. The van der Waals surface area contributed by atoms with Gasteiger partial charge in [-0.1, -0.05) is 68.4 Å².